The minimum absolute atomic E-state index is 0.0535. The van der Waals surface area contributed by atoms with E-state index in [2.05, 4.69) is 5.10 Å². The summed E-state index contributed by atoms with van der Waals surface area (Å²) in [5.41, 5.74) is -1.07. The van der Waals surface area contributed by atoms with E-state index >= 15 is 0 Å². The van der Waals surface area contributed by atoms with Gasteiger partial charge in [-0.1, -0.05) is 0 Å². The molecule has 10 heteroatoms. The summed E-state index contributed by atoms with van der Waals surface area (Å²) in [5, 5.41) is 3.37. The van der Waals surface area contributed by atoms with Crippen LogP contribution in [0.15, 0.2) is 17.8 Å². The molecule has 1 aromatic rings. The molecule has 0 aromatic carbocycles. The van der Waals surface area contributed by atoms with Crippen molar-refractivity contribution in [3.05, 3.63) is 29.2 Å². The van der Waals surface area contributed by atoms with E-state index in [-0.39, 0.29) is 17.9 Å². The number of alkyl halides is 6. The monoisotopic (exact) mass is 357 g/mol. The average Bonchev–Trinajstić information content (AvgIpc) is 2.80. The summed E-state index contributed by atoms with van der Waals surface area (Å²) >= 11 is 0. The van der Waals surface area contributed by atoms with Crippen LogP contribution in [-0.2, 0) is 17.5 Å². The SMILES string of the molecule is CCN(CC)/C(=C/C(=O)C(F)(F)F)Cn1nc(C(F)(F)F)cc1C. The second kappa shape index (κ2) is 7.27. The lowest BCUT2D eigenvalue weighted by Gasteiger charge is -2.25. The topological polar surface area (TPSA) is 38.1 Å². The Morgan fingerprint density at radius 3 is 2.12 bits per heavy atom. The van der Waals surface area contributed by atoms with Crippen molar-refractivity contribution in [1.29, 1.82) is 0 Å². The van der Waals surface area contributed by atoms with Crippen molar-refractivity contribution in [2.75, 3.05) is 13.1 Å². The molecule has 4 nitrogen and oxygen atoms in total. The average molecular weight is 357 g/mol. The van der Waals surface area contributed by atoms with E-state index in [1.54, 1.807) is 13.8 Å². The molecule has 0 saturated heterocycles. The number of aryl methyl sites for hydroxylation is 1. The predicted molar refractivity (Wildman–Crippen MR) is 74.0 cm³/mol. The highest BCUT2D eigenvalue weighted by molar-refractivity contribution is 5.94. The van der Waals surface area contributed by atoms with Gasteiger partial charge in [0.2, 0.25) is 0 Å². The third kappa shape index (κ3) is 5.00. The maximum atomic E-state index is 12.7. The third-order valence-electron chi connectivity index (χ3n) is 3.33. The molecule has 1 aromatic heterocycles. The van der Waals surface area contributed by atoms with Gasteiger partial charge < -0.3 is 4.90 Å². The zero-order valence-electron chi connectivity index (χ0n) is 13.3. The molecule has 24 heavy (non-hydrogen) atoms. The van der Waals surface area contributed by atoms with Gasteiger partial charge in [0, 0.05) is 30.6 Å². The van der Waals surface area contributed by atoms with Gasteiger partial charge in [-0.3, -0.25) is 9.48 Å². The molecule has 0 amide bonds. The van der Waals surface area contributed by atoms with Gasteiger partial charge in [0.1, 0.15) is 0 Å². The van der Waals surface area contributed by atoms with Crippen LogP contribution in [-0.4, -0.2) is 39.7 Å². The van der Waals surface area contributed by atoms with Crippen molar-refractivity contribution in [2.45, 2.75) is 39.7 Å². The van der Waals surface area contributed by atoms with E-state index < -0.39 is 23.8 Å². The molecule has 1 heterocycles. The highest BCUT2D eigenvalue weighted by atomic mass is 19.4. The fourth-order valence-electron chi connectivity index (χ4n) is 2.06. The van der Waals surface area contributed by atoms with E-state index in [4.69, 9.17) is 0 Å². The molecular weight excluding hydrogens is 340 g/mol. The van der Waals surface area contributed by atoms with Crippen molar-refractivity contribution in [3.8, 4) is 0 Å². The summed E-state index contributed by atoms with van der Waals surface area (Å²) in [5.74, 6) is -2.06. The van der Waals surface area contributed by atoms with Gasteiger partial charge in [-0.05, 0) is 26.8 Å². The van der Waals surface area contributed by atoms with Gasteiger partial charge in [-0.2, -0.15) is 31.4 Å². The first-order valence-electron chi connectivity index (χ1n) is 7.08. The zero-order chi connectivity index (χ0) is 18.7. The summed E-state index contributed by atoms with van der Waals surface area (Å²) in [4.78, 5) is 12.7. The lowest BCUT2D eigenvalue weighted by molar-refractivity contribution is -0.165. The first kappa shape index (κ1) is 20.0. The Hall–Kier alpha value is -2.00. The molecule has 0 spiro atoms. The molecule has 0 N–H and O–H groups in total. The Morgan fingerprint density at radius 2 is 1.75 bits per heavy atom. The fourth-order valence-corrected chi connectivity index (χ4v) is 2.06. The molecule has 0 fully saturated rings. The molecule has 0 aliphatic heterocycles. The van der Waals surface area contributed by atoms with Gasteiger partial charge in [0.15, 0.2) is 5.69 Å². The van der Waals surface area contributed by atoms with E-state index in [1.165, 1.54) is 11.8 Å². The summed E-state index contributed by atoms with van der Waals surface area (Å²) in [7, 11) is 0. The van der Waals surface area contributed by atoms with Crippen molar-refractivity contribution in [2.24, 2.45) is 0 Å². The number of halogens is 6. The number of carbonyl (C=O) groups excluding carboxylic acids is 1. The van der Waals surface area contributed by atoms with Crippen LogP contribution in [0, 0.1) is 6.92 Å². The van der Waals surface area contributed by atoms with Gasteiger partial charge in [0.25, 0.3) is 5.78 Å². The first-order chi connectivity index (χ1) is 10.9. The van der Waals surface area contributed by atoms with Crippen molar-refractivity contribution < 1.29 is 31.1 Å². The van der Waals surface area contributed by atoms with Crippen LogP contribution in [0.1, 0.15) is 25.2 Å². The third-order valence-corrected chi connectivity index (χ3v) is 3.33. The maximum absolute atomic E-state index is 12.7. The van der Waals surface area contributed by atoms with Crippen LogP contribution in [0.5, 0.6) is 0 Å². The number of hydrogen-bond donors (Lipinski definition) is 0. The van der Waals surface area contributed by atoms with Crippen molar-refractivity contribution in [1.82, 2.24) is 14.7 Å². The normalized spacial score (nSPS) is 13.3. The zero-order valence-corrected chi connectivity index (χ0v) is 13.3. The predicted octanol–water partition coefficient (Wildman–Crippen LogP) is 3.57. The maximum Gasteiger partial charge on any atom is 0.454 e. The van der Waals surface area contributed by atoms with Gasteiger partial charge in [-0.25, -0.2) is 0 Å². The Balaban J connectivity index is 3.21. The Bertz CT molecular complexity index is 611. The molecule has 0 atom stereocenters. The molecule has 1 rings (SSSR count). The molecule has 0 aliphatic rings. The molecule has 0 bridgehead atoms. The number of aromatic nitrogens is 2. The number of likely N-dealkylation sites (N-methyl/N-ethyl adjacent to an activating group) is 1. The highest BCUT2D eigenvalue weighted by Crippen LogP contribution is 2.29. The van der Waals surface area contributed by atoms with E-state index in [1.807, 2.05) is 0 Å². The van der Waals surface area contributed by atoms with Crippen LogP contribution in [0.3, 0.4) is 0 Å². The quantitative estimate of drug-likeness (QED) is 0.577. The van der Waals surface area contributed by atoms with Crippen LogP contribution in [0.4, 0.5) is 26.3 Å². The van der Waals surface area contributed by atoms with Crippen LogP contribution in [0.25, 0.3) is 0 Å². The number of carbonyl (C=O) groups is 1. The number of hydrogen-bond acceptors (Lipinski definition) is 3. The second-order valence-corrected chi connectivity index (χ2v) is 5.00. The molecule has 0 radical (unpaired) electrons. The smallest absolute Gasteiger partial charge is 0.374 e. The largest absolute Gasteiger partial charge is 0.454 e. The minimum atomic E-state index is -5.05. The van der Waals surface area contributed by atoms with E-state index in [0.29, 0.717) is 19.2 Å². The van der Waals surface area contributed by atoms with E-state index in [9.17, 15) is 31.1 Å². The Labute approximate surface area is 134 Å². The van der Waals surface area contributed by atoms with Crippen molar-refractivity contribution in [3.63, 3.8) is 0 Å². The van der Waals surface area contributed by atoms with Crippen LogP contribution < -0.4 is 0 Å². The molecule has 0 saturated carbocycles. The Kier molecular flexibility index (Phi) is 6.07. The first-order valence-corrected chi connectivity index (χ1v) is 7.08. The number of allylic oxidation sites excluding steroid dienone is 2. The van der Waals surface area contributed by atoms with Gasteiger partial charge in [-0.15, -0.1) is 0 Å². The standard InChI is InChI=1S/C14H17F6N3O/c1-4-22(5-2)10(7-12(24)14(18,19)20)8-23-9(3)6-11(21-23)13(15,16)17/h6-7H,4-5,8H2,1-3H3/b10-7+. The van der Waals surface area contributed by atoms with Crippen LogP contribution in [0.2, 0.25) is 0 Å². The van der Waals surface area contributed by atoms with E-state index in [0.717, 1.165) is 10.7 Å². The molecule has 136 valence electrons. The molecule has 0 unspecified atom stereocenters. The summed E-state index contributed by atoms with van der Waals surface area (Å²) in [6.07, 6.45) is -9.30. The number of nitrogens with zero attached hydrogens (tertiary/aromatic N) is 3. The molecular formula is C14H17F6N3O. The number of rotatable bonds is 6. The van der Waals surface area contributed by atoms with Gasteiger partial charge in [0.05, 0.1) is 6.54 Å². The molecule has 0 aliphatic carbocycles. The van der Waals surface area contributed by atoms with Crippen LogP contribution >= 0.6 is 0 Å². The lowest BCUT2D eigenvalue weighted by atomic mass is 10.2. The summed E-state index contributed by atoms with van der Waals surface area (Å²) in [6.45, 7) is 4.89. The number of ketones is 1. The fraction of sp³-hybridized carbons (Fsp3) is 0.571. The second-order valence-electron chi connectivity index (χ2n) is 5.00. The summed E-state index contributed by atoms with van der Waals surface area (Å²) < 4.78 is 76.4. The lowest BCUT2D eigenvalue weighted by Crippen LogP contribution is -2.29. The summed E-state index contributed by atoms with van der Waals surface area (Å²) in [6, 6.07) is 0.797. The Morgan fingerprint density at radius 1 is 1.21 bits per heavy atom. The van der Waals surface area contributed by atoms with Crippen molar-refractivity contribution >= 4 is 5.78 Å². The minimum Gasteiger partial charge on any atom is -0.374 e. The van der Waals surface area contributed by atoms with Gasteiger partial charge >= 0.3 is 12.4 Å². The highest BCUT2D eigenvalue weighted by Gasteiger charge is 2.37.